The Morgan fingerprint density at radius 2 is 1.67 bits per heavy atom. The van der Waals surface area contributed by atoms with Crippen molar-refractivity contribution in [2.75, 3.05) is 19.8 Å². The monoisotopic (exact) mass is 760 g/mol. The molecule has 55 heavy (non-hydrogen) atoms. The van der Waals surface area contributed by atoms with Gasteiger partial charge in [-0.25, -0.2) is 9.79 Å². The molecule has 4 saturated carbocycles. The number of nitrogens with zero attached hydrogens (tertiary/aromatic N) is 2. The Morgan fingerprint density at radius 1 is 0.891 bits per heavy atom. The maximum atomic E-state index is 15.5. The summed E-state index contributed by atoms with van der Waals surface area (Å²) in [5.74, 6) is -1.77. The zero-order valence-electron chi connectivity index (χ0n) is 33.0. The molecule has 6 aliphatic heterocycles. The van der Waals surface area contributed by atoms with E-state index >= 15 is 4.79 Å². The Labute approximate surface area is 324 Å². The molecule has 0 aromatic heterocycles. The van der Waals surface area contributed by atoms with E-state index in [1.165, 1.54) is 0 Å². The van der Waals surface area contributed by atoms with Gasteiger partial charge in [-0.1, -0.05) is 64.4 Å². The quantitative estimate of drug-likeness (QED) is 0.129. The van der Waals surface area contributed by atoms with Crippen LogP contribution in [-0.2, 0) is 38.1 Å². The molecule has 11 atom stereocenters. The third-order valence-corrected chi connectivity index (χ3v) is 17.2. The van der Waals surface area contributed by atoms with E-state index in [-0.39, 0.29) is 36.3 Å². The minimum Gasteiger partial charge on any atom is -0.464 e. The summed E-state index contributed by atoms with van der Waals surface area (Å²) in [5.41, 5.74) is -3.31. The molecule has 300 valence electrons. The molecule has 8 fully saturated rings. The second kappa shape index (κ2) is 12.8. The van der Waals surface area contributed by atoms with Crippen molar-refractivity contribution < 1.29 is 43.2 Å². The Bertz CT molecular complexity index is 1730. The predicted molar refractivity (Wildman–Crippen MR) is 201 cm³/mol. The van der Waals surface area contributed by atoms with Crippen molar-refractivity contribution in [1.29, 1.82) is 0 Å². The van der Waals surface area contributed by atoms with E-state index in [0.29, 0.717) is 32.3 Å². The Kier molecular flexibility index (Phi) is 8.55. The molecule has 1 N–H and O–H groups in total. The number of ketones is 1. The zero-order chi connectivity index (χ0) is 38.0. The molecule has 0 aromatic rings. The van der Waals surface area contributed by atoms with Gasteiger partial charge in [-0.05, 0) is 89.0 Å². The number of fused-ring (bicyclic) bond motifs is 2. The topological polar surface area (TPSA) is 146 Å². The molecule has 4 aliphatic carbocycles. The van der Waals surface area contributed by atoms with Gasteiger partial charge < -0.3 is 28.8 Å². The van der Waals surface area contributed by atoms with Gasteiger partial charge in [-0.3, -0.25) is 14.6 Å². The first-order valence-electron chi connectivity index (χ1n) is 21.8. The maximum Gasteiger partial charge on any atom is 0.339 e. The lowest BCUT2D eigenvalue weighted by molar-refractivity contribution is -0.282. The van der Waals surface area contributed by atoms with Gasteiger partial charge in [0, 0.05) is 22.0 Å². The third kappa shape index (κ3) is 4.67. The molecule has 0 radical (unpaired) electrons. The maximum absolute atomic E-state index is 15.5. The summed E-state index contributed by atoms with van der Waals surface area (Å²) in [6, 6.07) is 0. The van der Waals surface area contributed by atoms with Crippen molar-refractivity contribution in [3.8, 4) is 0 Å². The van der Waals surface area contributed by atoms with E-state index in [4.69, 9.17) is 23.7 Å². The first kappa shape index (κ1) is 36.8. The molecule has 3 spiro atoms. The normalized spacial score (nSPS) is 46.3. The molecule has 10 aliphatic rings. The smallest absolute Gasteiger partial charge is 0.339 e. The van der Waals surface area contributed by atoms with E-state index in [1.807, 2.05) is 13.8 Å². The lowest BCUT2D eigenvalue weighted by Gasteiger charge is -2.70. The number of rotatable bonds is 9. The fourth-order valence-corrected chi connectivity index (χ4v) is 15.3. The summed E-state index contributed by atoms with van der Waals surface area (Å²) < 4.78 is 33.4. The number of ether oxygens (including phenoxy) is 5. The van der Waals surface area contributed by atoms with Crippen LogP contribution in [0.5, 0.6) is 0 Å². The van der Waals surface area contributed by atoms with Crippen LogP contribution in [0.25, 0.3) is 0 Å². The van der Waals surface area contributed by atoms with Gasteiger partial charge in [0.05, 0.1) is 42.3 Å². The van der Waals surface area contributed by atoms with Gasteiger partial charge in [0.15, 0.2) is 11.9 Å². The highest BCUT2D eigenvalue weighted by Gasteiger charge is 2.93. The van der Waals surface area contributed by atoms with Crippen LogP contribution in [0.4, 0.5) is 0 Å². The number of carbonyl (C=O) groups is 3. The Hall–Kier alpha value is -2.47. The number of aliphatic imine (C=N–C) groups is 2. The van der Waals surface area contributed by atoms with Crippen LogP contribution in [0, 0.1) is 39.4 Å². The predicted octanol–water partition coefficient (Wildman–Crippen LogP) is 6.02. The van der Waals surface area contributed by atoms with E-state index in [9.17, 15) is 14.7 Å². The lowest BCUT2D eigenvalue weighted by Crippen LogP contribution is -2.80. The fourth-order valence-electron chi connectivity index (χ4n) is 15.3. The number of carbonyl (C=O) groups excluding carboxylic acids is 3. The third-order valence-electron chi connectivity index (χ3n) is 17.2. The molecule has 11 heteroatoms. The van der Waals surface area contributed by atoms with Gasteiger partial charge in [0.25, 0.3) is 0 Å². The lowest BCUT2D eigenvalue weighted by atomic mass is 9.32. The van der Waals surface area contributed by atoms with Gasteiger partial charge in [-0.2, -0.15) is 0 Å². The van der Waals surface area contributed by atoms with Gasteiger partial charge >= 0.3 is 11.9 Å². The van der Waals surface area contributed by atoms with E-state index < -0.39 is 69.2 Å². The second-order valence-electron chi connectivity index (χ2n) is 19.8. The molecule has 0 amide bonds. The van der Waals surface area contributed by atoms with E-state index in [0.717, 1.165) is 101 Å². The number of cyclic esters (lactones) is 2. The molecule has 4 saturated heterocycles. The minimum absolute atomic E-state index is 0.0513. The summed E-state index contributed by atoms with van der Waals surface area (Å²) in [5, 5.41) is 13.1. The summed E-state index contributed by atoms with van der Waals surface area (Å²) in [4.78, 5) is 52.4. The van der Waals surface area contributed by atoms with Crippen LogP contribution in [0.15, 0.2) is 21.6 Å². The summed E-state index contributed by atoms with van der Waals surface area (Å²) in [6.45, 7) is 7.45. The van der Waals surface area contributed by atoms with Crippen LogP contribution >= 0.6 is 0 Å². The Morgan fingerprint density at radius 3 is 2.44 bits per heavy atom. The van der Waals surface area contributed by atoms with Crippen LogP contribution in [0.1, 0.15) is 130 Å². The van der Waals surface area contributed by atoms with Crippen molar-refractivity contribution >= 4 is 29.8 Å². The molecule has 0 bridgehead atoms. The van der Waals surface area contributed by atoms with Crippen LogP contribution < -0.4 is 0 Å². The van der Waals surface area contributed by atoms with Crippen molar-refractivity contribution in [2.45, 2.75) is 172 Å². The molecule has 6 heterocycles. The number of aliphatic hydroxyl groups is 1. The van der Waals surface area contributed by atoms with Crippen molar-refractivity contribution in [3.63, 3.8) is 0 Å². The van der Waals surface area contributed by atoms with Crippen molar-refractivity contribution in [1.82, 2.24) is 0 Å². The number of epoxide rings is 1. The zero-order valence-corrected chi connectivity index (χ0v) is 33.0. The Balaban J connectivity index is 1.03. The summed E-state index contributed by atoms with van der Waals surface area (Å²) in [7, 11) is 0. The average Bonchev–Trinajstić information content (AvgIpc) is 3.65. The first-order chi connectivity index (χ1) is 26.5. The SMILES string of the molecule is CC1(C)O[C@H]2C3(CCCC3)C(=O)OC[C@@]23[C@@H]1C(=O)[C@@H](O)[C@]1(C2CCCCC2)[C@@H]3CC[C@@]2(C)[C@H](C3=CCOC3CCCCCCC3=NC=NC3)OC(=O)[C@H]3O[C@@]312. The molecule has 10 rings (SSSR count). The highest BCUT2D eigenvalue weighted by molar-refractivity contribution is 5.96. The first-order valence-corrected chi connectivity index (χ1v) is 21.8. The average molecular weight is 761 g/mol. The number of hydrogen-bond donors (Lipinski definition) is 1. The second-order valence-corrected chi connectivity index (χ2v) is 19.8. The molecule has 11 nitrogen and oxygen atoms in total. The molecule has 0 aromatic carbocycles. The number of Topliss-reactive ketones (excluding diaryl/α,β-unsaturated/α-hetero) is 1. The van der Waals surface area contributed by atoms with E-state index in [1.54, 1.807) is 6.34 Å². The van der Waals surface area contributed by atoms with E-state index in [2.05, 4.69) is 23.0 Å². The molecular formula is C44H60N2O9. The summed E-state index contributed by atoms with van der Waals surface area (Å²) in [6.07, 6.45) is 15.7. The van der Waals surface area contributed by atoms with Crippen LogP contribution in [0.2, 0.25) is 0 Å². The standard InChI is InChI=1S/C44H60N2O9/c1-39(2)32-31(47)33(48)43(26-13-7-6-8-14-26)30(42(32)24-52-38(50)41(37(42)55-39)19-11-12-20-41)17-21-40(3)34(53-36(49)35-44(40,43)54-35)28-18-22-51-29(28)16-10-5-4-9-15-27-23-45-25-46-27/h18,25-26,29-30,32-35,37,48H,4-17,19-24H2,1-3H3/t29?,30-,32-,33-,34+,35-,37+,40+,42-,43+,44-/m1/s1. The van der Waals surface area contributed by atoms with Crippen molar-refractivity contribution in [3.05, 3.63) is 11.6 Å². The van der Waals surface area contributed by atoms with Crippen LogP contribution in [0.3, 0.4) is 0 Å². The van der Waals surface area contributed by atoms with Gasteiger partial charge in [0.1, 0.15) is 30.8 Å². The van der Waals surface area contributed by atoms with Crippen molar-refractivity contribution in [2.24, 2.45) is 49.4 Å². The fraction of sp³-hybridized carbons (Fsp3) is 0.841. The highest BCUT2D eigenvalue weighted by atomic mass is 16.7. The summed E-state index contributed by atoms with van der Waals surface area (Å²) >= 11 is 0. The number of esters is 2. The number of unbranched alkanes of at least 4 members (excludes halogenated alkanes) is 3. The molecular weight excluding hydrogens is 700 g/mol. The number of aliphatic hydroxyl groups excluding tert-OH is 1. The van der Waals surface area contributed by atoms with Gasteiger partial charge in [-0.15, -0.1) is 0 Å². The number of hydrogen-bond acceptors (Lipinski definition) is 11. The van der Waals surface area contributed by atoms with Gasteiger partial charge in [0.2, 0.25) is 0 Å². The highest BCUT2D eigenvalue weighted by Crippen LogP contribution is 2.82. The van der Waals surface area contributed by atoms with Crippen LogP contribution in [-0.4, -0.2) is 96.4 Å². The minimum atomic E-state index is -1.35. The largest absolute Gasteiger partial charge is 0.464 e. The molecule has 1 unspecified atom stereocenters.